The molecule has 1 saturated heterocycles. The van der Waals surface area contributed by atoms with Crippen LogP contribution in [-0.2, 0) is 11.2 Å². The zero-order valence-corrected chi connectivity index (χ0v) is 20.4. The summed E-state index contributed by atoms with van der Waals surface area (Å²) in [6.07, 6.45) is 0.423. The molecule has 0 aliphatic carbocycles. The molecule has 2 atom stereocenters. The van der Waals surface area contributed by atoms with Crippen molar-refractivity contribution >= 4 is 38.8 Å². The van der Waals surface area contributed by atoms with E-state index in [1.165, 1.54) is 4.90 Å². The lowest BCUT2D eigenvalue weighted by atomic mass is 9.81. The number of hydrogen-bond donors (Lipinski definition) is 3. The average molecular weight is 511 g/mol. The highest BCUT2D eigenvalue weighted by molar-refractivity contribution is 9.10. The predicted molar refractivity (Wildman–Crippen MR) is 130 cm³/mol. The van der Waals surface area contributed by atoms with Gasteiger partial charge in [0.2, 0.25) is 0 Å². The third-order valence-corrected chi connectivity index (χ3v) is 7.20. The monoisotopic (exact) mass is 510 g/mol. The fourth-order valence-corrected chi connectivity index (χ4v) is 5.55. The van der Waals surface area contributed by atoms with Gasteiger partial charge in [-0.15, -0.1) is 0 Å². The van der Waals surface area contributed by atoms with Gasteiger partial charge in [0.05, 0.1) is 0 Å². The summed E-state index contributed by atoms with van der Waals surface area (Å²) in [4.78, 5) is 34.0. The normalized spacial score (nSPS) is 22.4. The summed E-state index contributed by atoms with van der Waals surface area (Å²) in [5.41, 5.74) is 2.61. The Morgan fingerprint density at radius 2 is 2.03 bits per heavy atom. The number of phenolic OH excluding ortho intramolecular Hbond substituents is 1. The molecule has 5 rings (SSSR count). The first kappa shape index (κ1) is 22.0. The minimum Gasteiger partial charge on any atom is -0.508 e. The second-order valence-corrected chi connectivity index (χ2v) is 10.3. The molecule has 3 aromatic rings. The standard InChI is InChI=1S/C25H27BrN4O3/c1-14(2)27-9-10-29-23(32)25(3)13-19-18-12-16(26)7-8-20(18)28-21(19)22(30(25)24(29)33)15-5-4-6-17(31)11-15/h4-8,11-12,14,22,27-28,31H,9-10,13H2,1-3H3/t22-,25+/m1/s1. The van der Waals surface area contributed by atoms with E-state index in [-0.39, 0.29) is 23.7 Å². The van der Waals surface area contributed by atoms with Crippen molar-refractivity contribution in [2.24, 2.45) is 0 Å². The number of hydrogen-bond acceptors (Lipinski definition) is 4. The van der Waals surface area contributed by atoms with E-state index in [1.807, 2.05) is 39.0 Å². The number of phenols is 1. The minimum absolute atomic E-state index is 0.121. The maximum Gasteiger partial charge on any atom is 0.328 e. The van der Waals surface area contributed by atoms with E-state index in [2.05, 4.69) is 32.3 Å². The van der Waals surface area contributed by atoms with E-state index in [0.717, 1.165) is 32.2 Å². The number of amides is 3. The number of urea groups is 1. The highest BCUT2D eigenvalue weighted by Crippen LogP contribution is 2.49. The number of carbonyl (C=O) groups is 2. The molecule has 0 spiro atoms. The summed E-state index contributed by atoms with van der Waals surface area (Å²) >= 11 is 3.56. The van der Waals surface area contributed by atoms with Gasteiger partial charge in [-0.25, -0.2) is 4.79 Å². The summed E-state index contributed by atoms with van der Waals surface area (Å²) in [7, 11) is 0. The van der Waals surface area contributed by atoms with Crippen molar-refractivity contribution in [2.45, 2.75) is 44.8 Å². The summed E-state index contributed by atoms with van der Waals surface area (Å²) in [5, 5.41) is 14.5. The molecule has 172 valence electrons. The summed E-state index contributed by atoms with van der Waals surface area (Å²) < 4.78 is 0.952. The van der Waals surface area contributed by atoms with Crippen LogP contribution >= 0.6 is 15.9 Å². The van der Waals surface area contributed by atoms with E-state index >= 15 is 0 Å². The largest absolute Gasteiger partial charge is 0.508 e. The maximum absolute atomic E-state index is 13.7. The van der Waals surface area contributed by atoms with Crippen LogP contribution in [0.2, 0.25) is 0 Å². The highest BCUT2D eigenvalue weighted by Gasteiger charge is 2.60. The minimum atomic E-state index is -1.02. The molecule has 0 saturated carbocycles. The van der Waals surface area contributed by atoms with Gasteiger partial charge < -0.3 is 15.4 Å². The smallest absolute Gasteiger partial charge is 0.328 e. The number of carbonyl (C=O) groups excluding carboxylic acids is 2. The fraction of sp³-hybridized carbons (Fsp3) is 0.360. The van der Waals surface area contributed by atoms with Gasteiger partial charge in [0.15, 0.2) is 0 Å². The Labute approximate surface area is 200 Å². The number of H-pyrrole nitrogens is 1. The van der Waals surface area contributed by atoms with Gasteiger partial charge in [-0.2, -0.15) is 0 Å². The molecule has 8 heteroatoms. The molecule has 3 heterocycles. The number of aromatic amines is 1. The summed E-state index contributed by atoms with van der Waals surface area (Å²) in [5.74, 6) is -0.0608. The Balaban J connectivity index is 1.67. The van der Waals surface area contributed by atoms with Crippen LogP contribution in [0.4, 0.5) is 4.79 Å². The van der Waals surface area contributed by atoms with E-state index < -0.39 is 11.6 Å². The van der Waals surface area contributed by atoms with Crippen molar-refractivity contribution in [3.05, 3.63) is 63.8 Å². The molecule has 1 fully saturated rings. The number of nitrogens with zero attached hydrogens (tertiary/aromatic N) is 2. The first-order valence-corrected chi connectivity index (χ1v) is 12.0. The molecule has 0 radical (unpaired) electrons. The molecule has 1 aromatic heterocycles. The lowest BCUT2D eigenvalue weighted by Gasteiger charge is -2.42. The molecule has 2 aliphatic rings. The first-order valence-electron chi connectivity index (χ1n) is 11.2. The van der Waals surface area contributed by atoms with E-state index in [9.17, 15) is 14.7 Å². The third kappa shape index (κ3) is 3.43. The fourth-order valence-electron chi connectivity index (χ4n) is 5.19. The van der Waals surface area contributed by atoms with Gasteiger partial charge in [0, 0.05) is 46.6 Å². The molecule has 0 bridgehead atoms. The zero-order valence-electron chi connectivity index (χ0n) is 18.9. The van der Waals surface area contributed by atoms with E-state index in [1.54, 1.807) is 23.1 Å². The number of halogens is 1. The van der Waals surface area contributed by atoms with Crippen molar-refractivity contribution < 1.29 is 14.7 Å². The van der Waals surface area contributed by atoms with Crippen molar-refractivity contribution in [1.82, 2.24) is 20.1 Å². The number of aromatic hydroxyl groups is 1. The van der Waals surface area contributed by atoms with Crippen molar-refractivity contribution in [2.75, 3.05) is 13.1 Å². The average Bonchev–Trinajstić information content (AvgIpc) is 3.19. The van der Waals surface area contributed by atoms with Gasteiger partial charge >= 0.3 is 6.03 Å². The predicted octanol–water partition coefficient (Wildman–Crippen LogP) is 4.30. The Hall–Kier alpha value is -2.84. The van der Waals surface area contributed by atoms with Crippen molar-refractivity contribution in [3.8, 4) is 5.75 Å². The van der Waals surface area contributed by atoms with Crippen LogP contribution in [0.1, 0.15) is 43.6 Å². The number of rotatable bonds is 5. The molecule has 7 nitrogen and oxygen atoms in total. The van der Waals surface area contributed by atoms with Crippen LogP contribution in [0.5, 0.6) is 5.75 Å². The van der Waals surface area contributed by atoms with Crippen LogP contribution in [0.15, 0.2) is 46.9 Å². The Kier molecular flexibility index (Phi) is 5.25. The number of nitrogens with one attached hydrogen (secondary N) is 2. The van der Waals surface area contributed by atoms with Gasteiger partial charge in [0.25, 0.3) is 5.91 Å². The first-order chi connectivity index (χ1) is 15.7. The van der Waals surface area contributed by atoms with Crippen LogP contribution in [-0.4, -0.2) is 56.5 Å². The third-order valence-electron chi connectivity index (χ3n) is 6.70. The second-order valence-electron chi connectivity index (χ2n) is 9.37. The highest BCUT2D eigenvalue weighted by atomic mass is 79.9. The van der Waals surface area contributed by atoms with Gasteiger partial charge in [-0.1, -0.05) is 41.9 Å². The maximum atomic E-state index is 13.7. The van der Waals surface area contributed by atoms with E-state index in [0.29, 0.717) is 19.5 Å². The van der Waals surface area contributed by atoms with Crippen LogP contribution in [0.3, 0.4) is 0 Å². The molecule has 3 N–H and O–H groups in total. The number of aromatic nitrogens is 1. The van der Waals surface area contributed by atoms with Gasteiger partial charge in [-0.3, -0.25) is 14.6 Å². The number of fused-ring (bicyclic) bond motifs is 4. The quantitative estimate of drug-likeness (QED) is 0.446. The van der Waals surface area contributed by atoms with Gasteiger partial charge in [-0.05, 0) is 48.4 Å². The lowest BCUT2D eigenvalue weighted by Crippen LogP contribution is -2.53. The SMILES string of the molecule is CC(C)NCCN1C(=O)N2[C@H](c3cccc(O)c3)c3[nH]c4ccc(Br)cc4c3C[C@@]2(C)C1=O. The Morgan fingerprint density at radius 3 is 2.76 bits per heavy atom. The van der Waals surface area contributed by atoms with Crippen molar-refractivity contribution in [1.29, 1.82) is 0 Å². The number of imide groups is 1. The molecule has 33 heavy (non-hydrogen) atoms. The topological polar surface area (TPSA) is 88.7 Å². The Bertz CT molecular complexity index is 1270. The molecular weight excluding hydrogens is 484 g/mol. The molecule has 3 amide bonds. The molecule has 0 unspecified atom stereocenters. The Morgan fingerprint density at radius 1 is 1.24 bits per heavy atom. The van der Waals surface area contributed by atoms with Crippen molar-refractivity contribution in [3.63, 3.8) is 0 Å². The van der Waals surface area contributed by atoms with E-state index in [4.69, 9.17) is 0 Å². The summed E-state index contributed by atoms with van der Waals surface area (Å²) in [6.45, 7) is 6.78. The van der Waals surface area contributed by atoms with Gasteiger partial charge in [0.1, 0.15) is 17.3 Å². The number of benzene rings is 2. The zero-order chi connectivity index (χ0) is 23.5. The second kappa shape index (κ2) is 7.88. The van der Waals surface area contributed by atoms with Crippen LogP contribution in [0.25, 0.3) is 10.9 Å². The van der Waals surface area contributed by atoms with Crippen LogP contribution in [0, 0.1) is 0 Å². The van der Waals surface area contributed by atoms with Crippen LogP contribution < -0.4 is 5.32 Å². The molecule has 2 aromatic carbocycles. The molecule has 2 aliphatic heterocycles. The lowest BCUT2D eigenvalue weighted by molar-refractivity contribution is -0.133. The molecular formula is C25H27BrN4O3. The summed E-state index contributed by atoms with van der Waals surface area (Å²) in [6, 6.07) is 12.4.